The quantitative estimate of drug-likeness (QED) is 0.228. The van der Waals surface area contributed by atoms with Crippen LogP contribution in [0.1, 0.15) is 6.92 Å². The molecule has 0 fully saturated rings. The van der Waals surface area contributed by atoms with Gasteiger partial charge in [0.05, 0.1) is 13.2 Å². The third kappa shape index (κ3) is 3.44. The van der Waals surface area contributed by atoms with Gasteiger partial charge in [0, 0.05) is 0 Å². The molecule has 0 aliphatic carbocycles. The highest BCUT2D eigenvalue weighted by atomic mass is 32.2. The number of carbonyl (C=O) groups is 1. The second kappa shape index (κ2) is 6.39. The van der Waals surface area contributed by atoms with Gasteiger partial charge >= 0.3 is 16.1 Å². The monoisotopic (exact) mass is 362 g/mol. The lowest BCUT2D eigenvalue weighted by Crippen LogP contribution is -2.39. The smallest absolute Gasteiger partial charge is 0.322 e. The van der Waals surface area contributed by atoms with Crippen molar-refractivity contribution in [1.29, 1.82) is 0 Å². The van der Waals surface area contributed by atoms with E-state index >= 15 is 0 Å². The van der Waals surface area contributed by atoms with Crippen LogP contribution in [-0.2, 0) is 14.9 Å². The highest BCUT2D eigenvalue weighted by molar-refractivity contribution is 7.85. The van der Waals surface area contributed by atoms with Crippen molar-refractivity contribution in [1.82, 2.24) is 0 Å². The molecule has 1 aromatic rings. The van der Waals surface area contributed by atoms with Gasteiger partial charge < -0.3 is 14.9 Å². The fraction of sp³-hybridized carbons (Fsp3) is 0.364. The average molecular weight is 362 g/mol. The van der Waals surface area contributed by atoms with Gasteiger partial charge in [-0.3, -0.25) is 9.35 Å². The number of aliphatic hydroxyl groups is 2. The number of benzene rings is 1. The standard InChI is InChI=1S/C11H10F4O7S/c1-11(2-16,3-17)10(18)22-8-4(12)6(14)9(23(19,20)21)7(15)5(8)13/h16-17H,2-3H2,1H3,(H,19,20,21). The molecule has 130 valence electrons. The molecule has 1 rings (SSSR count). The molecular weight excluding hydrogens is 352 g/mol. The molecule has 0 amide bonds. The summed E-state index contributed by atoms with van der Waals surface area (Å²) in [6.07, 6.45) is 0. The van der Waals surface area contributed by atoms with Crippen molar-refractivity contribution in [2.45, 2.75) is 11.8 Å². The average Bonchev–Trinajstić information content (AvgIpc) is 2.47. The minimum atomic E-state index is -5.64. The summed E-state index contributed by atoms with van der Waals surface area (Å²) in [7, 11) is -5.64. The number of ether oxygens (including phenoxy) is 1. The maximum atomic E-state index is 13.6. The van der Waals surface area contributed by atoms with Gasteiger partial charge in [-0.05, 0) is 6.92 Å². The first-order chi connectivity index (χ1) is 10.4. The Labute approximate surface area is 126 Å². The van der Waals surface area contributed by atoms with Gasteiger partial charge in [0.2, 0.25) is 17.4 Å². The number of hydrogen-bond donors (Lipinski definition) is 3. The van der Waals surface area contributed by atoms with E-state index in [0.717, 1.165) is 6.92 Å². The number of rotatable bonds is 5. The summed E-state index contributed by atoms with van der Waals surface area (Å²) in [5.74, 6) is -13.4. The summed E-state index contributed by atoms with van der Waals surface area (Å²) in [5, 5.41) is 17.8. The van der Waals surface area contributed by atoms with Crippen LogP contribution in [0.25, 0.3) is 0 Å². The van der Waals surface area contributed by atoms with Gasteiger partial charge in [-0.25, -0.2) is 8.78 Å². The molecule has 0 aliphatic heterocycles. The summed E-state index contributed by atoms with van der Waals surface area (Å²) in [6, 6.07) is 0. The summed E-state index contributed by atoms with van der Waals surface area (Å²) >= 11 is 0. The summed E-state index contributed by atoms with van der Waals surface area (Å²) < 4.78 is 88.4. The fourth-order valence-corrected chi connectivity index (χ4v) is 1.93. The maximum Gasteiger partial charge on any atom is 0.322 e. The van der Waals surface area contributed by atoms with Crippen LogP contribution < -0.4 is 4.74 Å². The molecule has 1 aromatic carbocycles. The third-order valence-electron chi connectivity index (χ3n) is 2.83. The van der Waals surface area contributed by atoms with Crippen LogP contribution in [0.4, 0.5) is 17.6 Å². The zero-order valence-corrected chi connectivity index (χ0v) is 12.1. The highest BCUT2D eigenvalue weighted by Crippen LogP contribution is 2.33. The molecule has 0 aliphatic rings. The molecule has 0 spiro atoms. The molecule has 12 heteroatoms. The van der Waals surface area contributed by atoms with Crippen molar-refractivity contribution in [3.63, 3.8) is 0 Å². The van der Waals surface area contributed by atoms with Gasteiger partial charge in [-0.1, -0.05) is 0 Å². The molecule has 0 unspecified atom stereocenters. The van der Waals surface area contributed by atoms with Crippen LogP contribution in [-0.4, -0.2) is 42.4 Å². The van der Waals surface area contributed by atoms with Gasteiger partial charge in [-0.2, -0.15) is 17.2 Å². The second-order valence-corrected chi connectivity index (χ2v) is 6.01. The molecular formula is C11H10F4O7S. The largest absolute Gasteiger partial charge is 0.419 e. The maximum absolute atomic E-state index is 13.6. The van der Waals surface area contributed by atoms with Crippen LogP contribution in [0, 0.1) is 28.7 Å². The lowest BCUT2D eigenvalue weighted by Gasteiger charge is -2.22. The summed E-state index contributed by atoms with van der Waals surface area (Å²) in [4.78, 5) is 9.33. The van der Waals surface area contributed by atoms with Crippen molar-refractivity contribution in [3.05, 3.63) is 23.3 Å². The van der Waals surface area contributed by atoms with Crippen LogP contribution >= 0.6 is 0 Å². The lowest BCUT2D eigenvalue weighted by molar-refractivity contribution is -0.150. The van der Waals surface area contributed by atoms with Gasteiger partial charge in [0.25, 0.3) is 0 Å². The van der Waals surface area contributed by atoms with Crippen molar-refractivity contribution in [2.75, 3.05) is 13.2 Å². The number of hydrogen-bond acceptors (Lipinski definition) is 6. The number of esters is 1. The van der Waals surface area contributed by atoms with E-state index in [1.807, 2.05) is 0 Å². The zero-order chi connectivity index (χ0) is 18.2. The van der Waals surface area contributed by atoms with E-state index < -0.39 is 68.6 Å². The number of aliphatic hydroxyl groups excluding tert-OH is 2. The zero-order valence-electron chi connectivity index (χ0n) is 11.3. The predicted octanol–water partition coefficient (Wildman–Crippen LogP) is 0.386. The van der Waals surface area contributed by atoms with Crippen LogP contribution in [0.3, 0.4) is 0 Å². The first-order valence-corrected chi connectivity index (χ1v) is 7.12. The molecule has 0 saturated heterocycles. The normalized spacial score (nSPS) is 12.3. The first-order valence-electron chi connectivity index (χ1n) is 5.68. The Hall–Kier alpha value is -1.76. The minimum absolute atomic E-state index is 0.921. The lowest BCUT2D eigenvalue weighted by atomic mass is 9.93. The highest BCUT2D eigenvalue weighted by Gasteiger charge is 2.38. The molecule has 7 nitrogen and oxygen atoms in total. The molecule has 0 heterocycles. The van der Waals surface area contributed by atoms with E-state index in [9.17, 15) is 30.8 Å². The SMILES string of the molecule is CC(CO)(CO)C(=O)Oc1c(F)c(F)c(S(=O)(=O)O)c(F)c1F. The molecule has 0 atom stereocenters. The Morgan fingerprint density at radius 1 is 1.04 bits per heavy atom. The number of halogens is 4. The van der Waals surface area contributed by atoms with E-state index in [0.29, 0.717) is 0 Å². The van der Waals surface area contributed by atoms with Gasteiger partial charge in [-0.15, -0.1) is 0 Å². The minimum Gasteiger partial charge on any atom is -0.419 e. The van der Waals surface area contributed by atoms with E-state index in [2.05, 4.69) is 4.74 Å². The molecule has 0 radical (unpaired) electrons. The van der Waals surface area contributed by atoms with Crippen LogP contribution in [0.2, 0.25) is 0 Å². The van der Waals surface area contributed by atoms with E-state index in [4.69, 9.17) is 14.8 Å². The topological polar surface area (TPSA) is 121 Å². The molecule has 0 bridgehead atoms. The predicted molar refractivity (Wildman–Crippen MR) is 64.0 cm³/mol. The van der Waals surface area contributed by atoms with Crippen LogP contribution in [0.15, 0.2) is 4.90 Å². The first kappa shape index (κ1) is 19.3. The van der Waals surface area contributed by atoms with E-state index in [1.165, 1.54) is 0 Å². The van der Waals surface area contributed by atoms with Gasteiger partial charge in [0.1, 0.15) is 5.41 Å². The molecule has 0 saturated carbocycles. The number of carbonyl (C=O) groups excluding carboxylic acids is 1. The second-order valence-electron chi connectivity index (χ2n) is 4.66. The summed E-state index contributed by atoms with van der Waals surface area (Å²) in [5.41, 5.74) is -2.05. The Kier molecular flexibility index (Phi) is 5.36. The Balaban J connectivity index is 3.50. The van der Waals surface area contributed by atoms with Crippen molar-refractivity contribution in [2.24, 2.45) is 5.41 Å². The van der Waals surface area contributed by atoms with Crippen molar-refractivity contribution in [3.8, 4) is 5.75 Å². The summed E-state index contributed by atoms with van der Waals surface area (Å²) in [6.45, 7) is -1.14. The van der Waals surface area contributed by atoms with Crippen molar-refractivity contribution >= 4 is 16.1 Å². The Morgan fingerprint density at radius 2 is 1.43 bits per heavy atom. The third-order valence-corrected chi connectivity index (χ3v) is 3.70. The van der Waals surface area contributed by atoms with E-state index in [1.54, 1.807) is 0 Å². The molecule has 3 N–H and O–H groups in total. The Bertz CT molecular complexity index is 714. The van der Waals surface area contributed by atoms with E-state index in [-0.39, 0.29) is 0 Å². The Morgan fingerprint density at radius 3 is 1.74 bits per heavy atom. The fourth-order valence-electron chi connectivity index (χ4n) is 1.30. The van der Waals surface area contributed by atoms with Gasteiger partial charge in [0.15, 0.2) is 16.5 Å². The molecule has 0 aromatic heterocycles. The van der Waals surface area contributed by atoms with Crippen molar-refractivity contribution < 1.29 is 50.3 Å². The molecule has 23 heavy (non-hydrogen) atoms. The van der Waals surface area contributed by atoms with Crippen LogP contribution in [0.5, 0.6) is 5.75 Å².